The third-order valence-electron chi connectivity index (χ3n) is 2.79. The van der Waals surface area contributed by atoms with Crippen molar-refractivity contribution in [3.8, 4) is 5.75 Å². The van der Waals surface area contributed by atoms with E-state index in [9.17, 15) is 18.4 Å². The second-order valence-electron chi connectivity index (χ2n) is 4.54. The molecule has 1 aromatic carbocycles. The lowest BCUT2D eigenvalue weighted by Crippen LogP contribution is -2.29. The van der Waals surface area contributed by atoms with E-state index in [2.05, 4.69) is 10.1 Å². The van der Waals surface area contributed by atoms with Crippen molar-refractivity contribution in [1.82, 2.24) is 0 Å². The van der Waals surface area contributed by atoms with Crippen LogP contribution < -0.4 is 10.1 Å². The summed E-state index contributed by atoms with van der Waals surface area (Å²) in [6, 6.07) is 6.64. The molecular weight excluding hydrogens is 348 g/mol. The summed E-state index contributed by atoms with van der Waals surface area (Å²) in [7, 11) is 0. The van der Waals surface area contributed by atoms with Gasteiger partial charge in [0.05, 0.1) is 11.3 Å². The maximum Gasteiger partial charge on any atom is 0.387 e. The van der Waals surface area contributed by atoms with E-state index in [0.717, 1.165) is 0 Å². The highest BCUT2D eigenvalue weighted by molar-refractivity contribution is 6.32. The average Bonchev–Trinajstić information content (AvgIpc) is 3.04. The van der Waals surface area contributed by atoms with Crippen molar-refractivity contribution in [2.24, 2.45) is 0 Å². The Balaban J connectivity index is 1.96. The Bertz CT molecular complexity index is 721. The van der Waals surface area contributed by atoms with Crippen molar-refractivity contribution in [1.29, 1.82) is 0 Å². The highest BCUT2D eigenvalue weighted by Crippen LogP contribution is 2.29. The van der Waals surface area contributed by atoms with Crippen molar-refractivity contribution in [2.75, 3.05) is 5.32 Å². The summed E-state index contributed by atoms with van der Waals surface area (Å²) in [4.78, 5) is 23.6. The van der Waals surface area contributed by atoms with Gasteiger partial charge in [0.2, 0.25) is 5.76 Å². The fourth-order valence-electron chi connectivity index (χ4n) is 1.68. The quantitative estimate of drug-likeness (QED) is 0.795. The number of carbonyl (C=O) groups excluding carboxylic acids is 2. The van der Waals surface area contributed by atoms with Crippen LogP contribution in [-0.2, 0) is 9.53 Å². The van der Waals surface area contributed by atoms with Gasteiger partial charge in [0.1, 0.15) is 5.75 Å². The highest BCUT2D eigenvalue weighted by atomic mass is 35.5. The molecule has 1 heterocycles. The summed E-state index contributed by atoms with van der Waals surface area (Å²) in [6.07, 6.45) is 0.185. The Labute approximate surface area is 140 Å². The number of esters is 1. The summed E-state index contributed by atoms with van der Waals surface area (Å²) in [5.41, 5.74) is 0.229. The molecule has 1 amide bonds. The third-order valence-corrected chi connectivity index (χ3v) is 3.09. The number of nitrogens with one attached hydrogen (secondary N) is 1. The van der Waals surface area contributed by atoms with Crippen LogP contribution in [0.25, 0.3) is 0 Å². The van der Waals surface area contributed by atoms with E-state index in [-0.39, 0.29) is 22.2 Å². The lowest BCUT2D eigenvalue weighted by molar-refractivity contribution is -0.123. The normalized spacial score (nSPS) is 11.9. The number of rotatable bonds is 6. The minimum atomic E-state index is -3.01. The number of benzene rings is 1. The molecule has 9 heteroatoms. The maximum atomic E-state index is 12.1. The molecule has 0 bridgehead atoms. The number of anilines is 1. The van der Waals surface area contributed by atoms with E-state index in [1.165, 1.54) is 43.5 Å². The molecule has 0 aliphatic carbocycles. The van der Waals surface area contributed by atoms with E-state index < -0.39 is 24.6 Å². The number of halogens is 3. The van der Waals surface area contributed by atoms with E-state index in [1.54, 1.807) is 0 Å². The van der Waals surface area contributed by atoms with Gasteiger partial charge in [0, 0.05) is 5.69 Å². The lowest BCUT2D eigenvalue weighted by Gasteiger charge is -2.13. The molecule has 1 N–H and O–H groups in total. The van der Waals surface area contributed by atoms with Crippen molar-refractivity contribution in [3.63, 3.8) is 0 Å². The number of ether oxygens (including phenoxy) is 2. The molecule has 1 unspecified atom stereocenters. The smallest absolute Gasteiger partial charge is 0.387 e. The predicted molar refractivity (Wildman–Crippen MR) is 80.3 cm³/mol. The van der Waals surface area contributed by atoms with Crippen LogP contribution in [0.1, 0.15) is 17.5 Å². The second-order valence-corrected chi connectivity index (χ2v) is 4.94. The van der Waals surface area contributed by atoms with Gasteiger partial charge in [-0.25, -0.2) is 4.79 Å². The van der Waals surface area contributed by atoms with Crippen molar-refractivity contribution in [3.05, 3.63) is 47.4 Å². The third kappa shape index (κ3) is 4.69. The Kier molecular flexibility index (Phi) is 5.75. The second kappa shape index (κ2) is 7.78. The van der Waals surface area contributed by atoms with E-state index in [1.807, 2.05) is 0 Å². The first-order valence-corrected chi connectivity index (χ1v) is 7.04. The fraction of sp³-hybridized carbons (Fsp3) is 0.200. The van der Waals surface area contributed by atoms with Gasteiger partial charge in [0.15, 0.2) is 6.10 Å². The Morgan fingerprint density at radius 2 is 2.04 bits per heavy atom. The van der Waals surface area contributed by atoms with Crippen LogP contribution in [0.3, 0.4) is 0 Å². The summed E-state index contributed by atoms with van der Waals surface area (Å²) < 4.78 is 38.3. The lowest BCUT2D eigenvalue weighted by atomic mass is 10.2. The van der Waals surface area contributed by atoms with Crippen LogP contribution in [0.5, 0.6) is 5.75 Å². The van der Waals surface area contributed by atoms with Gasteiger partial charge in [-0.05, 0) is 37.3 Å². The average molecular weight is 360 g/mol. The molecule has 0 spiro atoms. The van der Waals surface area contributed by atoms with Gasteiger partial charge in [-0.1, -0.05) is 11.6 Å². The maximum absolute atomic E-state index is 12.1. The van der Waals surface area contributed by atoms with E-state index >= 15 is 0 Å². The molecule has 0 saturated heterocycles. The van der Waals surface area contributed by atoms with E-state index in [0.29, 0.717) is 0 Å². The first-order chi connectivity index (χ1) is 11.4. The molecule has 1 atom stereocenters. The summed E-state index contributed by atoms with van der Waals surface area (Å²) in [5, 5.41) is 2.34. The van der Waals surface area contributed by atoms with Crippen LogP contribution in [0.2, 0.25) is 5.02 Å². The van der Waals surface area contributed by atoms with Crippen LogP contribution in [-0.4, -0.2) is 24.6 Å². The van der Waals surface area contributed by atoms with Gasteiger partial charge >= 0.3 is 12.6 Å². The largest absolute Gasteiger partial charge is 0.457 e. The monoisotopic (exact) mass is 359 g/mol. The number of alkyl halides is 2. The molecule has 0 fully saturated rings. The molecule has 128 valence electrons. The van der Waals surface area contributed by atoms with Crippen LogP contribution in [0, 0.1) is 0 Å². The molecule has 0 aliphatic rings. The SMILES string of the molecule is CC(OC(=O)c1ccco1)C(=O)Nc1ccc(OC(F)F)c(Cl)c1. The molecule has 1 aromatic heterocycles. The number of carbonyl (C=O) groups is 2. The number of amides is 1. The zero-order chi connectivity index (χ0) is 17.7. The summed E-state index contributed by atoms with van der Waals surface area (Å²) >= 11 is 5.78. The topological polar surface area (TPSA) is 77.8 Å². The van der Waals surface area contributed by atoms with Gasteiger partial charge in [-0.15, -0.1) is 0 Å². The summed E-state index contributed by atoms with van der Waals surface area (Å²) in [6.45, 7) is -1.64. The Morgan fingerprint density at radius 1 is 1.29 bits per heavy atom. The zero-order valence-corrected chi connectivity index (χ0v) is 13.0. The predicted octanol–water partition coefficient (Wildman–Crippen LogP) is 3.72. The Hall–Kier alpha value is -2.61. The first kappa shape index (κ1) is 17.7. The molecule has 6 nitrogen and oxygen atoms in total. The van der Waals surface area contributed by atoms with Gasteiger partial charge in [0.25, 0.3) is 5.91 Å². The molecule has 0 saturated carbocycles. The summed E-state index contributed by atoms with van der Waals surface area (Å²) in [5.74, 6) is -1.68. The molecule has 2 rings (SSSR count). The van der Waals surface area contributed by atoms with Crippen molar-refractivity contribution < 1.29 is 32.3 Å². The first-order valence-electron chi connectivity index (χ1n) is 6.66. The van der Waals surface area contributed by atoms with Gasteiger partial charge < -0.3 is 19.2 Å². The van der Waals surface area contributed by atoms with Crippen LogP contribution >= 0.6 is 11.6 Å². The molecule has 0 radical (unpaired) electrons. The minimum Gasteiger partial charge on any atom is -0.457 e. The zero-order valence-electron chi connectivity index (χ0n) is 12.3. The van der Waals surface area contributed by atoms with Gasteiger partial charge in [-0.3, -0.25) is 4.79 Å². The van der Waals surface area contributed by atoms with Gasteiger partial charge in [-0.2, -0.15) is 8.78 Å². The van der Waals surface area contributed by atoms with Crippen molar-refractivity contribution in [2.45, 2.75) is 19.6 Å². The minimum absolute atomic E-state index is 0.0359. The molecular formula is C15H12ClF2NO5. The fourth-order valence-corrected chi connectivity index (χ4v) is 1.91. The number of hydrogen-bond donors (Lipinski definition) is 1. The molecule has 0 aliphatic heterocycles. The van der Waals surface area contributed by atoms with Crippen molar-refractivity contribution >= 4 is 29.2 Å². The molecule has 24 heavy (non-hydrogen) atoms. The number of hydrogen-bond acceptors (Lipinski definition) is 5. The van der Waals surface area contributed by atoms with Crippen LogP contribution in [0.15, 0.2) is 41.0 Å². The van der Waals surface area contributed by atoms with E-state index in [4.69, 9.17) is 20.8 Å². The number of furan rings is 1. The highest BCUT2D eigenvalue weighted by Gasteiger charge is 2.21. The standard InChI is InChI=1S/C15H12ClF2NO5/c1-8(23-14(21)12-3-2-6-22-12)13(20)19-9-4-5-11(10(16)7-9)24-15(17)18/h2-8,15H,1H3,(H,19,20). The Morgan fingerprint density at radius 3 is 2.62 bits per heavy atom. The molecule has 2 aromatic rings. The van der Waals surface area contributed by atoms with Crippen LogP contribution in [0.4, 0.5) is 14.5 Å².